The van der Waals surface area contributed by atoms with Crippen LogP contribution < -0.4 is 5.76 Å². The molecule has 0 atom stereocenters. The topological polar surface area (TPSA) is 80.1 Å². The summed E-state index contributed by atoms with van der Waals surface area (Å²) in [5.41, 5.74) is 0.883. The zero-order valence-electron chi connectivity index (χ0n) is 7.95. The minimum atomic E-state index is -0.688. The first-order valence-corrected chi connectivity index (χ1v) is 4.91. The van der Waals surface area contributed by atoms with Crippen LogP contribution in [0.3, 0.4) is 0 Å². The van der Waals surface area contributed by atoms with E-state index in [1.165, 1.54) is 18.2 Å². The van der Waals surface area contributed by atoms with E-state index in [2.05, 4.69) is 4.98 Å². The van der Waals surface area contributed by atoms with E-state index in [9.17, 15) is 14.4 Å². The van der Waals surface area contributed by atoms with Gasteiger partial charge in [0.1, 0.15) is 0 Å². The maximum absolute atomic E-state index is 11.5. The Bertz CT molecular complexity index is 625. The van der Waals surface area contributed by atoms with Gasteiger partial charge < -0.3 is 4.42 Å². The van der Waals surface area contributed by atoms with Crippen molar-refractivity contribution in [2.75, 3.05) is 5.88 Å². The number of ketones is 2. The molecule has 2 aromatic rings. The lowest BCUT2D eigenvalue weighted by Crippen LogP contribution is -2.15. The molecule has 16 heavy (non-hydrogen) atoms. The number of oxazole rings is 1. The highest BCUT2D eigenvalue weighted by Crippen LogP contribution is 2.13. The summed E-state index contributed by atoms with van der Waals surface area (Å²) in [5, 5.41) is 0. The van der Waals surface area contributed by atoms with E-state index in [1.54, 1.807) is 0 Å². The van der Waals surface area contributed by atoms with Crippen LogP contribution in [-0.2, 0) is 4.79 Å². The molecule has 0 saturated heterocycles. The maximum Gasteiger partial charge on any atom is 0.417 e. The lowest BCUT2D eigenvalue weighted by molar-refractivity contribution is -0.112. The fourth-order valence-corrected chi connectivity index (χ4v) is 1.44. The molecule has 1 N–H and O–H groups in total. The number of rotatable bonds is 3. The molecule has 1 aromatic carbocycles. The Morgan fingerprint density at radius 1 is 1.38 bits per heavy atom. The number of H-pyrrole nitrogens is 1. The van der Waals surface area contributed by atoms with Crippen molar-refractivity contribution in [2.45, 2.75) is 0 Å². The summed E-state index contributed by atoms with van der Waals surface area (Å²) in [6, 6.07) is 4.24. The molecule has 0 amide bonds. The molecule has 0 fully saturated rings. The van der Waals surface area contributed by atoms with Crippen LogP contribution in [0.15, 0.2) is 27.4 Å². The number of Topliss-reactive ketones (excluding diaryl/α,β-unsaturated/α-hetero) is 2. The van der Waals surface area contributed by atoms with Gasteiger partial charge in [-0.2, -0.15) is 0 Å². The standard InChI is InChI=1S/C10H6ClNO4/c11-4-7(13)9(14)5-1-2-8-6(3-5)12-10(15)16-8/h1-3H,4H2,(H,12,15). The predicted molar refractivity (Wildman–Crippen MR) is 56.9 cm³/mol. The molecule has 2 rings (SSSR count). The quantitative estimate of drug-likeness (QED) is 0.494. The van der Waals surface area contributed by atoms with Crippen molar-refractivity contribution >= 4 is 34.3 Å². The van der Waals surface area contributed by atoms with Crippen molar-refractivity contribution in [1.29, 1.82) is 0 Å². The SMILES string of the molecule is O=C(CCl)C(=O)c1ccc2oc(=O)[nH]c2c1. The minimum Gasteiger partial charge on any atom is -0.408 e. The second-order valence-electron chi connectivity index (χ2n) is 3.11. The Morgan fingerprint density at radius 3 is 2.81 bits per heavy atom. The minimum absolute atomic E-state index is 0.176. The van der Waals surface area contributed by atoms with E-state index >= 15 is 0 Å². The van der Waals surface area contributed by atoms with E-state index in [0.717, 1.165) is 0 Å². The summed E-state index contributed by atoms with van der Waals surface area (Å²) in [4.78, 5) is 35.8. The summed E-state index contributed by atoms with van der Waals surface area (Å²) in [6.07, 6.45) is 0. The largest absolute Gasteiger partial charge is 0.417 e. The van der Waals surface area contributed by atoms with Crippen LogP contribution in [-0.4, -0.2) is 22.4 Å². The van der Waals surface area contributed by atoms with Gasteiger partial charge in [-0.1, -0.05) is 0 Å². The van der Waals surface area contributed by atoms with Crippen LogP contribution in [0.1, 0.15) is 10.4 Å². The van der Waals surface area contributed by atoms with Gasteiger partial charge in [0.05, 0.1) is 11.4 Å². The third-order valence-corrected chi connectivity index (χ3v) is 2.30. The molecule has 0 aliphatic rings. The second kappa shape index (κ2) is 3.94. The van der Waals surface area contributed by atoms with Crippen LogP contribution in [0.2, 0.25) is 0 Å². The summed E-state index contributed by atoms with van der Waals surface area (Å²) in [7, 11) is 0. The second-order valence-corrected chi connectivity index (χ2v) is 3.38. The van der Waals surface area contributed by atoms with E-state index < -0.39 is 17.3 Å². The van der Waals surface area contributed by atoms with Gasteiger partial charge in [0.2, 0.25) is 11.6 Å². The molecule has 0 spiro atoms. The highest BCUT2D eigenvalue weighted by atomic mass is 35.5. The molecule has 0 saturated carbocycles. The van der Waals surface area contributed by atoms with Crippen molar-refractivity contribution in [1.82, 2.24) is 4.98 Å². The lowest BCUT2D eigenvalue weighted by atomic mass is 10.1. The fraction of sp³-hybridized carbons (Fsp3) is 0.100. The Kier molecular flexibility index (Phi) is 2.62. The third kappa shape index (κ3) is 1.77. The van der Waals surface area contributed by atoms with Gasteiger partial charge in [0.25, 0.3) is 0 Å². The summed E-state index contributed by atoms with van der Waals surface area (Å²) in [5.74, 6) is -2.34. The van der Waals surface area contributed by atoms with Crippen LogP contribution in [0.5, 0.6) is 0 Å². The average molecular weight is 240 g/mol. The number of aromatic amines is 1. The average Bonchev–Trinajstić information content (AvgIpc) is 2.65. The normalized spacial score (nSPS) is 10.6. The molecule has 5 nitrogen and oxygen atoms in total. The molecule has 82 valence electrons. The van der Waals surface area contributed by atoms with E-state index in [-0.39, 0.29) is 11.4 Å². The molecule has 0 aliphatic carbocycles. The number of hydrogen-bond acceptors (Lipinski definition) is 4. The number of alkyl halides is 1. The Morgan fingerprint density at radius 2 is 2.12 bits per heavy atom. The fourth-order valence-electron chi connectivity index (χ4n) is 1.31. The van der Waals surface area contributed by atoms with Gasteiger partial charge in [-0.3, -0.25) is 14.6 Å². The molecule has 0 radical (unpaired) electrons. The maximum atomic E-state index is 11.5. The first kappa shape index (κ1) is 10.6. The number of halogens is 1. The summed E-state index contributed by atoms with van der Waals surface area (Å²) >= 11 is 5.27. The zero-order valence-corrected chi connectivity index (χ0v) is 8.71. The number of hydrogen-bond donors (Lipinski definition) is 1. The van der Waals surface area contributed by atoms with Crippen molar-refractivity contribution in [3.05, 3.63) is 34.3 Å². The van der Waals surface area contributed by atoms with Gasteiger partial charge in [0.15, 0.2) is 5.58 Å². The molecule has 0 bridgehead atoms. The first-order chi connectivity index (χ1) is 7.61. The van der Waals surface area contributed by atoms with Crippen LogP contribution >= 0.6 is 11.6 Å². The highest BCUT2D eigenvalue weighted by molar-refractivity contribution is 6.51. The van der Waals surface area contributed by atoms with Crippen molar-refractivity contribution in [2.24, 2.45) is 0 Å². The number of carbonyl (C=O) groups excluding carboxylic acids is 2. The summed E-state index contributed by atoms with van der Waals surface area (Å²) in [6.45, 7) is 0. The van der Waals surface area contributed by atoms with Crippen molar-refractivity contribution in [3.8, 4) is 0 Å². The Balaban J connectivity index is 2.50. The number of aromatic nitrogens is 1. The molecule has 1 heterocycles. The van der Waals surface area contributed by atoms with Crippen LogP contribution in [0, 0.1) is 0 Å². The van der Waals surface area contributed by atoms with Gasteiger partial charge in [-0.05, 0) is 18.2 Å². The Hall–Kier alpha value is -1.88. The zero-order chi connectivity index (χ0) is 11.7. The number of carbonyl (C=O) groups is 2. The third-order valence-electron chi connectivity index (χ3n) is 2.06. The summed E-state index contributed by atoms with van der Waals surface area (Å²) < 4.78 is 4.76. The van der Waals surface area contributed by atoms with Crippen LogP contribution in [0.25, 0.3) is 11.1 Å². The van der Waals surface area contributed by atoms with Gasteiger partial charge in [-0.25, -0.2) is 4.79 Å². The van der Waals surface area contributed by atoms with Gasteiger partial charge >= 0.3 is 5.76 Å². The molecule has 6 heteroatoms. The van der Waals surface area contributed by atoms with Crippen molar-refractivity contribution in [3.63, 3.8) is 0 Å². The van der Waals surface area contributed by atoms with E-state index in [1.807, 2.05) is 0 Å². The first-order valence-electron chi connectivity index (χ1n) is 4.38. The highest BCUT2D eigenvalue weighted by Gasteiger charge is 2.15. The molecular formula is C10H6ClNO4. The number of fused-ring (bicyclic) bond motifs is 1. The molecule has 1 aromatic heterocycles. The number of nitrogens with one attached hydrogen (secondary N) is 1. The van der Waals surface area contributed by atoms with E-state index in [0.29, 0.717) is 11.1 Å². The lowest BCUT2D eigenvalue weighted by Gasteiger charge is -1.96. The monoisotopic (exact) mass is 239 g/mol. The molecular weight excluding hydrogens is 234 g/mol. The number of benzene rings is 1. The van der Waals surface area contributed by atoms with Crippen LogP contribution in [0.4, 0.5) is 0 Å². The van der Waals surface area contributed by atoms with Gasteiger partial charge in [-0.15, -0.1) is 11.6 Å². The molecule has 0 aliphatic heterocycles. The van der Waals surface area contributed by atoms with E-state index in [4.69, 9.17) is 16.0 Å². The van der Waals surface area contributed by atoms with Gasteiger partial charge in [0, 0.05) is 5.56 Å². The van der Waals surface area contributed by atoms with Crippen molar-refractivity contribution < 1.29 is 14.0 Å². The predicted octanol–water partition coefficient (Wildman–Crippen LogP) is 1.11. The smallest absolute Gasteiger partial charge is 0.408 e. The molecule has 0 unspecified atom stereocenters. The Labute approximate surface area is 94.0 Å².